The molecule has 0 radical (unpaired) electrons. The summed E-state index contributed by atoms with van der Waals surface area (Å²) in [4.78, 5) is 12.1. The highest BCUT2D eigenvalue weighted by molar-refractivity contribution is 8.01. The number of nitrogens with two attached hydrogens (primary N) is 1. The number of hydrazine groups is 1. The Labute approximate surface area is 100 Å². The van der Waals surface area contributed by atoms with E-state index in [1.807, 2.05) is 17.5 Å². The maximum absolute atomic E-state index is 5.25. The van der Waals surface area contributed by atoms with Gasteiger partial charge in [-0.05, 0) is 23.2 Å². The number of hydrogen-bond acceptors (Lipinski definition) is 8. The number of thiophene rings is 1. The second kappa shape index (κ2) is 5.10. The van der Waals surface area contributed by atoms with Crippen molar-refractivity contribution in [3.05, 3.63) is 17.5 Å². The minimum absolute atomic E-state index is 0.238. The molecular weight excluding hydrogens is 246 g/mol. The van der Waals surface area contributed by atoms with Crippen LogP contribution in [0.15, 0.2) is 26.9 Å². The minimum atomic E-state index is 0.238. The number of rotatable bonds is 4. The van der Waals surface area contributed by atoms with E-state index in [1.54, 1.807) is 11.3 Å². The Morgan fingerprint density at radius 1 is 1.44 bits per heavy atom. The molecule has 3 N–H and O–H groups in total. The van der Waals surface area contributed by atoms with Crippen LogP contribution in [0.2, 0.25) is 0 Å². The second-order valence-electron chi connectivity index (χ2n) is 2.61. The van der Waals surface area contributed by atoms with E-state index in [9.17, 15) is 0 Å². The van der Waals surface area contributed by atoms with Crippen molar-refractivity contribution < 1.29 is 4.74 Å². The van der Waals surface area contributed by atoms with Gasteiger partial charge in [-0.15, -0.1) is 11.3 Å². The molecule has 0 saturated carbocycles. The van der Waals surface area contributed by atoms with E-state index >= 15 is 0 Å². The molecule has 0 atom stereocenters. The molecule has 0 fully saturated rings. The average molecular weight is 255 g/mol. The summed E-state index contributed by atoms with van der Waals surface area (Å²) in [5.74, 6) is 5.53. The smallest absolute Gasteiger partial charge is 0.322 e. The Balaban J connectivity index is 2.26. The Morgan fingerprint density at radius 3 is 2.94 bits per heavy atom. The van der Waals surface area contributed by atoms with E-state index in [2.05, 4.69) is 20.4 Å². The highest BCUT2D eigenvalue weighted by atomic mass is 32.2. The van der Waals surface area contributed by atoms with E-state index < -0.39 is 0 Å². The van der Waals surface area contributed by atoms with Crippen LogP contribution in [0.5, 0.6) is 6.01 Å². The van der Waals surface area contributed by atoms with E-state index in [0.29, 0.717) is 5.16 Å². The Morgan fingerprint density at radius 2 is 2.31 bits per heavy atom. The molecule has 0 aromatic carbocycles. The van der Waals surface area contributed by atoms with Gasteiger partial charge < -0.3 is 4.74 Å². The first-order valence-electron chi connectivity index (χ1n) is 4.30. The normalized spacial score (nSPS) is 10.1. The Kier molecular flexibility index (Phi) is 3.54. The average Bonchev–Trinajstić information content (AvgIpc) is 2.81. The molecule has 2 aromatic rings. The van der Waals surface area contributed by atoms with Crippen molar-refractivity contribution in [3.8, 4) is 6.01 Å². The van der Waals surface area contributed by atoms with Gasteiger partial charge in [-0.1, -0.05) is 6.07 Å². The second-order valence-corrected chi connectivity index (χ2v) is 4.82. The predicted molar refractivity (Wildman–Crippen MR) is 62.6 cm³/mol. The topological polar surface area (TPSA) is 86.0 Å². The van der Waals surface area contributed by atoms with Crippen LogP contribution in [0, 0.1) is 0 Å². The summed E-state index contributed by atoms with van der Waals surface area (Å²) in [6, 6.07) is 4.19. The number of nitrogens with zero attached hydrogens (tertiary/aromatic N) is 3. The van der Waals surface area contributed by atoms with Crippen LogP contribution in [-0.2, 0) is 0 Å². The van der Waals surface area contributed by atoms with E-state index in [1.165, 1.54) is 18.9 Å². The summed E-state index contributed by atoms with van der Waals surface area (Å²) in [6.07, 6.45) is 0. The summed E-state index contributed by atoms with van der Waals surface area (Å²) >= 11 is 3.05. The van der Waals surface area contributed by atoms with Crippen LogP contribution in [0.1, 0.15) is 0 Å². The van der Waals surface area contributed by atoms with Gasteiger partial charge in [0, 0.05) is 0 Å². The zero-order valence-electron chi connectivity index (χ0n) is 8.38. The lowest BCUT2D eigenvalue weighted by Crippen LogP contribution is -2.12. The summed E-state index contributed by atoms with van der Waals surface area (Å²) in [5, 5.41) is 2.53. The Hall–Kier alpha value is -1.38. The highest BCUT2D eigenvalue weighted by Crippen LogP contribution is 2.29. The molecular formula is C8H9N5OS2. The van der Waals surface area contributed by atoms with Crippen LogP contribution in [-0.4, -0.2) is 22.1 Å². The van der Waals surface area contributed by atoms with Crippen LogP contribution < -0.4 is 16.0 Å². The van der Waals surface area contributed by atoms with Crippen molar-refractivity contribution in [2.75, 3.05) is 12.5 Å². The zero-order valence-corrected chi connectivity index (χ0v) is 10.0. The molecule has 84 valence electrons. The van der Waals surface area contributed by atoms with Gasteiger partial charge in [0.25, 0.3) is 0 Å². The molecule has 0 aliphatic heterocycles. The molecule has 0 bridgehead atoms. The van der Waals surface area contributed by atoms with Crippen LogP contribution in [0.4, 0.5) is 5.95 Å². The maximum atomic E-state index is 5.25. The summed E-state index contributed by atoms with van der Waals surface area (Å²) in [5.41, 5.74) is 2.37. The molecule has 16 heavy (non-hydrogen) atoms. The molecule has 0 unspecified atom stereocenters. The molecule has 0 aliphatic carbocycles. The monoisotopic (exact) mass is 255 g/mol. The van der Waals surface area contributed by atoms with E-state index in [4.69, 9.17) is 10.6 Å². The summed E-state index contributed by atoms with van der Waals surface area (Å²) in [6.45, 7) is 0. The SMILES string of the molecule is COc1nc(NN)nc(Sc2cccs2)n1. The number of anilines is 1. The molecule has 6 nitrogen and oxygen atoms in total. The van der Waals surface area contributed by atoms with Gasteiger partial charge in [-0.3, -0.25) is 5.43 Å². The van der Waals surface area contributed by atoms with Gasteiger partial charge in [-0.25, -0.2) is 5.84 Å². The van der Waals surface area contributed by atoms with Crippen LogP contribution >= 0.6 is 23.1 Å². The first-order valence-corrected chi connectivity index (χ1v) is 5.99. The molecule has 8 heteroatoms. The maximum Gasteiger partial charge on any atom is 0.322 e. The van der Waals surface area contributed by atoms with Crippen molar-refractivity contribution in [1.29, 1.82) is 0 Å². The fraction of sp³-hybridized carbons (Fsp3) is 0.125. The van der Waals surface area contributed by atoms with Gasteiger partial charge in [-0.2, -0.15) is 15.0 Å². The fourth-order valence-corrected chi connectivity index (χ4v) is 2.56. The first kappa shape index (κ1) is 11.1. The third-order valence-corrected chi connectivity index (χ3v) is 3.50. The zero-order chi connectivity index (χ0) is 11.4. The molecule has 2 heterocycles. The number of nitrogen functional groups attached to an aromatic ring is 1. The molecule has 2 aromatic heterocycles. The van der Waals surface area contributed by atoms with Gasteiger partial charge in [0.2, 0.25) is 11.1 Å². The van der Waals surface area contributed by atoms with E-state index in [-0.39, 0.29) is 12.0 Å². The molecule has 0 amide bonds. The first-order chi connectivity index (χ1) is 7.81. The van der Waals surface area contributed by atoms with Crippen LogP contribution in [0.3, 0.4) is 0 Å². The third-order valence-electron chi connectivity index (χ3n) is 1.59. The van der Waals surface area contributed by atoms with Gasteiger partial charge in [0.15, 0.2) is 0 Å². The Bertz CT molecular complexity index is 439. The predicted octanol–water partition coefficient (Wildman–Crippen LogP) is 1.38. The van der Waals surface area contributed by atoms with Crippen molar-refractivity contribution in [3.63, 3.8) is 0 Å². The highest BCUT2D eigenvalue weighted by Gasteiger charge is 2.07. The minimum Gasteiger partial charge on any atom is -0.467 e. The number of aromatic nitrogens is 3. The quantitative estimate of drug-likeness (QED) is 0.630. The van der Waals surface area contributed by atoms with Crippen molar-refractivity contribution in [2.24, 2.45) is 5.84 Å². The van der Waals surface area contributed by atoms with Gasteiger partial charge >= 0.3 is 6.01 Å². The van der Waals surface area contributed by atoms with Crippen LogP contribution in [0.25, 0.3) is 0 Å². The largest absolute Gasteiger partial charge is 0.467 e. The summed E-state index contributed by atoms with van der Waals surface area (Å²) < 4.78 is 6.04. The third kappa shape index (κ3) is 2.60. The van der Waals surface area contributed by atoms with Crippen molar-refractivity contribution in [1.82, 2.24) is 15.0 Å². The number of ether oxygens (including phenoxy) is 1. The molecule has 2 rings (SSSR count). The molecule has 0 saturated heterocycles. The van der Waals surface area contributed by atoms with Gasteiger partial charge in [0.05, 0.1) is 11.3 Å². The molecule has 0 spiro atoms. The summed E-state index contributed by atoms with van der Waals surface area (Å²) in [7, 11) is 1.50. The van der Waals surface area contributed by atoms with Crippen molar-refractivity contribution in [2.45, 2.75) is 9.37 Å². The lowest BCUT2D eigenvalue weighted by atomic mass is 10.7. The fourth-order valence-electron chi connectivity index (χ4n) is 0.951. The molecule has 0 aliphatic rings. The number of nitrogens with one attached hydrogen (secondary N) is 1. The van der Waals surface area contributed by atoms with Gasteiger partial charge in [0.1, 0.15) is 0 Å². The standard InChI is InChI=1S/C8H9N5OS2/c1-14-7-10-6(13-9)11-8(12-7)16-5-3-2-4-15-5/h2-4H,9H2,1H3,(H,10,11,12,13). The lowest BCUT2D eigenvalue weighted by molar-refractivity contribution is 0.373. The number of hydrogen-bond donors (Lipinski definition) is 2. The number of methoxy groups -OCH3 is 1. The van der Waals surface area contributed by atoms with E-state index in [0.717, 1.165) is 4.21 Å². The van der Waals surface area contributed by atoms with Crippen molar-refractivity contribution >= 4 is 29.0 Å². The lowest BCUT2D eigenvalue weighted by Gasteiger charge is -2.03.